The number of para-hydroxylation sites is 1. The van der Waals surface area contributed by atoms with E-state index in [1.807, 2.05) is 36.1 Å². The Balaban J connectivity index is 1.76. The van der Waals surface area contributed by atoms with E-state index >= 15 is 0 Å². The van der Waals surface area contributed by atoms with Crippen LogP contribution in [0.1, 0.15) is 25.5 Å². The second-order valence-electron chi connectivity index (χ2n) is 7.16. The lowest BCUT2D eigenvalue weighted by atomic mass is 9.99. The van der Waals surface area contributed by atoms with Crippen LogP contribution in [0.4, 0.5) is 11.5 Å². The Morgan fingerprint density at radius 2 is 1.96 bits per heavy atom. The first-order valence-electron chi connectivity index (χ1n) is 9.31. The minimum Gasteiger partial charge on any atom is -0.431 e. The normalized spacial score (nSPS) is 15.0. The summed E-state index contributed by atoms with van der Waals surface area (Å²) in [6, 6.07) is 9.34. The Kier molecular flexibility index (Phi) is 4.77. The summed E-state index contributed by atoms with van der Waals surface area (Å²) in [4.78, 5) is 26.1. The van der Waals surface area contributed by atoms with Crippen molar-refractivity contribution in [1.29, 1.82) is 0 Å². The maximum Gasteiger partial charge on any atom is 0.373 e. The molecule has 4 rings (SSSR count). The lowest BCUT2D eigenvalue weighted by Crippen LogP contribution is -2.34. The minimum absolute atomic E-state index is 0.0653. The molecule has 0 saturated carbocycles. The van der Waals surface area contributed by atoms with Crippen LogP contribution in [0.2, 0.25) is 0 Å². The number of rotatable bonds is 4. The number of fused-ring (bicyclic) bond motifs is 1. The van der Waals surface area contributed by atoms with Gasteiger partial charge < -0.3 is 9.64 Å². The average molecular weight is 379 g/mol. The molecule has 1 aliphatic rings. The first-order valence-corrected chi connectivity index (χ1v) is 9.31. The number of nitrogens with zero attached hydrogens (tertiary/aromatic N) is 5. The van der Waals surface area contributed by atoms with Crippen LogP contribution in [0.3, 0.4) is 0 Å². The molecule has 0 spiro atoms. The van der Waals surface area contributed by atoms with Crippen molar-refractivity contribution in [3.8, 4) is 11.6 Å². The van der Waals surface area contributed by atoms with Gasteiger partial charge >= 0.3 is 11.6 Å². The summed E-state index contributed by atoms with van der Waals surface area (Å²) >= 11 is 0. The third kappa shape index (κ3) is 3.45. The van der Waals surface area contributed by atoms with E-state index in [9.17, 15) is 10.1 Å². The van der Waals surface area contributed by atoms with E-state index in [0.717, 1.165) is 37.0 Å². The first kappa shape index (κ1) is 18.1. The van der Waals surface area contributed by atoms with Gasteiger partial charge in [0, 0.05) is 24.2 Å². The fourth-order valence-electron chi connectivity index (χ4n) is 3.44. The van der Waals surface area contributed by atoms with Crippen molar-refractivity contribution in [2.45, 2.75) is 26.7 Å². The molecule has 0 atom stereocenters. The zero-order chi connectivity index (χ0) is 19.7. The van der Waals surface area contributed by atoms with Gasteiger partial charge in [0.15, 0.2) is 5.75 Å². The lowest BCUT2D eigenvalue weighted by Gasteiger charge is -2.30. The second kappa shape index (κ2) is 7.38. The van der Waals surface area contributed by atoms with Gasteiger partial charge in [0.25, 0.3) is 0 Å². The molecular weight excluding hydrogens is 358 g/mol. The van der Waals surface area contributed by atoms with E-state index in [2.05, 4.69) is 21.9 Å². The van der Waals surface area contributed by atoms with Gasteiger partial charge in [-0.1, -0.05) is 25.1 Å². The van der Waals surface area contributed by atoms with Gasteiger partial charge in [-0.3, -0.25) is 10.1 Å². The number of nitro groups is 1. The first-order chi connectivity index (χ1) is 13.5. The maximum atomic E-state index is 11.9. The molecule has 1 fully saturated rings. The van der Waals surface area contributed by atoms with Gasteiger partial charge in [0.2, 0.25) is 5.82 Å². The molecule has 0 bridgehead atoms. The largest absolute Gasteiger partial charge is 0.431 e. The third-order valence-corrected chi connectivity index (χ3v) is 5.06. The summed E-state index contributed by atoms with van der Waals surface area (Å²) < 4.78 is 5.91. The highest BCUT2D eigenvalue weighted by molar-refractivity contribution is 5.85. The molecule has 0 aliphatic carbocycles. The zero-order valence-electron chi connectivity index (χ0n) is 15.8. The number of aryl methyl sites for hydroxylation is 1. The molecule has 0 N–H and O–H groups in total. The summed E-state index contributed by atoms with van der Waals surface area (Å²) in [6.45, 7) is 5.54. The maximum absolute atomic E-state index is 11.9. The molecule has 3 aromatic rings. The molecule has 1 saturated heterocycles. The van der Waals surface area contributed by atoms with Crippen molar-refractivity contribution in [1.82, 2.24) is 15.0 Å². The Labute approximate surface area is 162 Å². The number of anilines is 1. The smallest absolute Gasteiger partial charge is 0.373 e. The number of ether oxygens (including phenoxy) is 1. The molecule has 28 heavy (non-hydrogen) atoms. The van der Waals surface area contributed by atoms with Crippen molar-refractivity contribution < 1.29 is 9.66 Å². The highest BCUT2D eigenvalue weighted by Gasteiger charge is 2.30. The Morgan fingerprint density at radius 1 is 1.18 bits per heavy atom. The molecule has 1 aromatic carbocycles. The number of aromatic nitrogens is 3. The van der Waals surface area contributed by atoms with Crippen LogP contribution in [0, 0.1) is 23.0 Å². The Bertz CT molecular complexity index is 1030. The lowest BCUT2D eigenvalue weighted by molar-refractivity contribution is -0.385. The highest BCUT2D eigenvalue weighted by Crippen LogP contribution is 2.38. The highest BCUT2D eigenvalue weighted by atomic mass is 16.6. The second-order valence-corrected chi connectivity index (χ2v) is 7.16. The topological polar surface area (TPSA) is 94.3 Å². The van der Waals surface area contributed by atoms with Gasteiger partial charge in [-0.25, -0.2) is 9.97 Å². The van der Waals surface area contributed by atoms with Gasteiger partial charge in [-0.2, -0.15) is 4.98 Å². The number of hydrogen-bond donors (Lipinski definition) is 0. The van der Waals surface area contributed by atoms with Gasteiger partial charge in [0.1, 0.15) is 11.8 Å². The minimum atomic E-state index is -0.466. The average Bonchev–Trinajstić information content (AvgIpc) is 2.69. The van der Waals surface area contributed by atoms with E-state index < -0.39 is 4.92 Å². The molecule has 1 aliphatic heterocycles. The number of benzene rings is 1. The fraction of sp³-hybridized carbons (Fsp3) is 0.350. The van der Waals surface area contributed by atoms with Crippen molar-refractivity contribution in [3.05, 3.63) is 52.5 Å². The molecule has 0 amide bonds. The van der Waals surface area contributed by atoms with Crippen molar-refractivity contribution in [2.24, 2.45) is 5.92 Å². The SMILES string of the molecule is Cc1ccc2cccc(Oc3ncnc(N4CCC(C)CC4)c3[N+](=O)[O-])c2n1. The molecule has 2 aromatic heterocycles. The number of pyridine rings is 1. The predicted molar refractivity (Wildman–Crippen MR) is 106 cm³/mol. The van der Waals surface area contributed by atoms with E-state index in [4.69, 9.17) is 4.74 Å². The van der Waals surface area contributed by atoms with E-state index in [1.165, 1.54) is 6.33 Å². The van der Waals surface area contributed by atoms with Crippen LogP contribution in [0.25, 0.3) is 10.9 Å². The molecule has 144 valence electrons. The number of hydrogen-bond acceptors (Lipinski definition) is 7. The zero-order valence-corrected chi connectivity index (χ0v) is 15.8. The summed E-state index contributed by atoms with van der Waals surface area (Å²) in [5.41, 5.74) is 1.27. The van der Waals surface area contributed by atoms with Crippen LogP contribution in [0.15, 0.2) is 36.7 Å². The van der Waals surface area contributed by atoms with Crippen LogP contribution in [0.5, 0.6) is 11.6 Å². The quantitative estimate of drug-likeness (QED) is 0.493. The molecule has 3 heterocycles. The van der Waals surface area contributed by atoms with Gasteiger partial charge in [0.05, 0.1) is 4.92 Å². The monoisotopic (exact) mass is 379 g/mol. The van der Waals surface area contributed by atoms with E-state index in [0.29, 0.717) is 23.0 Å². The molecule has 8 heteroatoms. The molecule has 0 radical (unpaired) electrons. The summed E-state index contributed by atoms with van der Waals surface area (Å²) in [5, 5.41) is 12.8. The van der Waals surface area contributed by atoms with Gasteiger partial charge in [-0.05, 0) is 37.8 Å². The van der Waals surface area contributed by atoms with Crippen molar-refractivity contribution in [3.63, 3.8) is 0 Å². The van der Waals surface area contributed by atoms with Crippen molar-refractivity contribution in [2.75, 3.05) is 18.0 Å². The van der Waals surface area contributed by atoms with Crippen LogP contribution < -0.4 is 9.64 Å². The van der Waals surface area contributed by atoms with Crippen LogP contribution in [-0.2, 0) is 0 Å². The van der Waals surface area contributed by atoms with Crippen molar-refractivity contribution >= 4 is 22.4 Å². The van der Waals surface area contributed by atoms with Crippen LogP contribution in [-0.4, -0.2) is 33.0 Å². The standard InChI is InChI=1S/C20H21N5O3/c1-13-8-10-24(11-9-13)19-18(25(26)27)20(22-12-21-19)28-16-5-3-4-15-7-6-14(2)23-17(15)16/h3-7,12-13H,8-11H2,1-2H3. The Hall–Kier alpha value is -3.29. The third-order valence-electron chi connectivity index (χ3n) is 5.06. The summed E-state index contributed by atoms with van der Waals surface area (Å²) in [6.07, 6.45) is 3.27. The number of piperidine rings is 1. The predicted octanol–water partition coefficient (Wildman–Crippen LogP) is 4.27. The van der Waals surface area contributed by atoms with E-state index in [1.54, 1.807) is 6.07 Å². The van der Waals surface area contributed by atoms with Gasteiger partial charge in [-0.15, -0.1) is 0 Å². The van der Waals surface area contributed by atoms with Crippen LogP contribution >= 0.6 is 0 Å². The Morgan fingerprint density at radius 3 is 2.71 bits per heavy atom. The molecule has 8 nitrogen and oxygen atoms in total. The molecular formula is C20H21N5O3. The van der Waals surface area contributed by atoms with E-state index in [-0.39, 0.29) is 11.6 Å². The fourth-order valence-corrected chi connectivity index (χ4v) is 3.44. The summed E-state index contributed by atoms with van der Waals surface area (Å²) in [5.74, 6) is 1.29. The molecule has 0 unspecified atom stereocenters. The summed E-state index contributed by atoms with van der Waals surface area (Å²) in [7, 11) is 0.